The Morgan fingerprint density at radius 1 is 0.625 bits per heavy atom. The van der Waals surface area contributed by atoms with E-state index in [-0.39, 0.29) is 11.1 Å². The Bertz CT molecular complexity index is 883. The number of aromatic carboxylic acids is 2. The van der Waals surface area contributed by atoms with Crippen LogP contribution in [0.3, 0.4) is 0 Å². The molecule has 1 N–H and O–H groups in total. The number of carbonyl (C=O) groups is 2. The van der Waals surface area contributed by atoms with Gasteiger partial charge in [-0.15, -0.1) is 0 Å². The highest BCUT2D eigenvalue weighted by molar-refractivity contribution is 8.76. The van der Waals surface area contributed by atoms with Crippen molar-refractivity contribution in [1.29, 1.82) is 0 Å². The molecule has 0 heterocycles. The Hall–Kier alpha value is -1.96. The minimum Gasteiger partial charge on any atom is -0.545 e. The van der Waals surface area contributed by atoms with E-state index in [1.54, 1.807) is 36.4 Å². The van der Waals surface area contributed by atoms with Gasteiger partial charge in [-0.1, -0.05) is 118 Å². The summed E-state index contributed by atoms with van der Waals surface area (Å²) < 4.78 is 1.12. The van der Waals surface area contributed by atoms with Gasteiger partial charge < -0.3 is 19.5 Å². The van der Waals surface area contributed by atoms with E-state index in [9.17, 15) is 14.7 Å². The first-order chi connectivity index (χ1) is 19.1. The number of nitrogens with zero attached hydrogens (tertiary/aromatic N) is 1. The molecule has 0 amide bonds. The predicted octanol–water partition coefficient (Wildman–Crippen LogP) is 8.72. The summed E-state index contributed by atoms with van der Waals surface area (Å²) in [7, 11) is 9.81. The average Bonchev–Trinajstić information content (AvgIpc) is 2.92. The number of carbonyl (C=O) groups excluding carboxylic acids is 1. The van der Waals surface area contributed by atoms with E-state index < -0.39 is 11.9 Å². The van der Waals surface area contributed by atoms with Crippen molar-refractivity contribution in [3.63, 3.8) is 0 Å². The second-order valence-electron chi connectivity index (χ2n) is 11.4. The Kier molecular flexibility index (Phi) is 19.6. The summed E-state index contributed by atoms with van der Waals surface area (Å²) in [5.74, 6) is -2.15. The number of quaternary nitrogens is 1. The molecular formula is C33H51NO4S2. The number of rotatable bonds is 20. The molecule has 0 fully saturated rings. The zero-order valence-electron chi connectivity index (χ0n) is 25.2. The summed E-state index contributed by atoms with van der Waals surface area (Å²) in [6, 6.07) is 12.9. The third kappa shape index (κ3) is 19.2. The summed E-state index contributed by atoms with van der Waals surface area (Å²) in [6.07, 6.45) is 20.4. The summed E-state index contributed by atoms with van der Waals surface area (Å²) >= 11 is 0. The first kappa shape index (κ1) is 36.1. The van der Waals surface area contributed by atoms with E-state index >= 15 is 0 Å². The van der Waals surface area contributed by atoms with Crippen LogP contribution < -0.4 is 5.11 Å². The molecule has 0 spiro atoms. The fourth-order valence-electron chi connectivity index (χ4n) is 4.18. The molecule has 2 aromatic carbocycles. The molecule has 0 bridgehead atoms. The Morgan fingerprint density at radius 3 is 1.30 bits per heavy atom. The fraction of sp³-hybridized carbons (Fsp3) is 0.576. The van der Waals surface area contributed by atoms with Gasteiger partial charge in [-0.2, -0.15) is 0 Å². The lowest BCUT2D eigenvalue weighted by atomic mass is 10.0. The van der Waals surface area contributed by atoms with E-state index in [1.807, 2.05) is 0 Å². The van der Waals surface area contributed by atoms with Crippen molar-refractivity contribution in [1.82, 2.24) is 0 Å². The summed E-state index contributed by atoms with van der Waals surface area (Å²) in [5, 5.41) is 19.4. The normalized spacial score (nSPS) is 11.1. The van der Waals surface area contributed by atoms with Gasteiger partial charge in [0.2, 0.25) is 0 Å². The molecule has 0 radical (unpaired) electrons. The second-order valence-corrected chi connectivity index (χ2v) is 13.7. The van der Waals surface area contributed by atoms with Crippen LogP contribution in [-0.4, -0.2) is 49.2 Å². The van der Waals surface area contributed by atoms with Gasteiger partial charge in [-0.25, -0.2) is 4.79 Å². The van der Waals surface area contributed by atoms with Gasteiger partial charge in [0.05, 0.1) is 39.2 Å². The minimum absolute atomic E-state index is 0.144. The molecule has 0 unspecified atom stereocenters. The number of carboxylic acids is 2. The van der Waals surface area contributed by atoms with Crippen molar-refractivity contribution >= 4 is 33.5 Å². The van der Waals surface area contributed by atoms with E-state index in [1.165, 1.54) is 130 Å². The van der Waals surface area contributed by atoms with Crippen molar-refractivity contribution in [3.8, 4) is 0 Å². The van der Waals surface area contributed by atoms with Crippen molar-refractivity contribution < 1.29 is 24.3 Å². The Balaban J connectivity index is 0.000000400. The van der Waals surface area contributed by atoms with E-state index in [4.69, 9.17) is 5.11 Å². The number of hydrogen-bond donors (Lipinski definition) is 1. The quantitative estimate of drug-likeness (QED) is 0.0945. The van der Waals surface area contributed by atoms with Gasteiger partial charge in [-0.3, -0.25) is 0 Å². The van der Waals surface area contributed by atoms with E-state index in [2.05, 4.69) is 28.1 Å². The standard InChI is InChI=1S/C19H42N.C14H10O4S2/c1-5-6-7-8-9-10-11-12-13-14-15-16-17-18-19-20(2,3)4;15-13(16)9-1-5-11(6-2-9)19-20-12-7-3-10(4-8-12)14(17)18/h5-19H2,1-4H3;1-8H,(H,15,16)(H,17,18)/q+1;/p-1. The number of carboxylic acid groups (broad SMARTS) is 2. The molecule has 2 rings (SSSR count). The zero-order chi connectivity index (χ0) is 29.6. The molecule has 0 aromatic heterocycles. The van der Waals surface area contributed by atoms with Crippen LogP contribution in [0.4, 0.5) is 0 Å². The molecule has 2 aromatic rings. The van der Waals surface area contributed by atoms with Crippen LogP contribution in [0.25, 0.3) is 0 Å². The van der Waals surface area contributed by atoms with Crippen LogP contribution in [0.1, 0.15) is 118 Å². The van der Waals surface area contributed by atoms with E-state index in [0.717, 1.165) is 14.3 Å². The van der Waals surface area contributed by atoms with Crippen molar-refractivity contribution in [2.24, 2.45) is 0 Å². The molecular weight excluding hydrogens is 539 g/mol. The molecule has 224 valence electrons. The van der Waals surface area contributed by atoms with Crippen LogP contribution >= 0.6 is 21.6 Å². The third-order valence-electron chi connectivity index (χ3n) is 6.61. The predicted molar refractivity (Wildman–Crippen MR) is 169 cm³/mol. The van der Waals surface area contributed by atoms with Crippen molar-refractivity contribution in [2.45, 2.75) is 107 Å². The SMILES string of the molecule is CCCCCCCCCCCCCCCC[N+](C)(C)C.O=C([O-])c1ccc(SSc2ccc(C(=O)O)cc2)cc1. The maximum Gasteiger partial charge on any atom is 0.335 e. The largest absolute Gasteiger partial charge is 0.545 e. The summed E-state index contributed by atoms with van der Waals surface area (Å²) in [6.45, 7) is 3.63. The highest BCUT2D eigenvalue weighted by Crippen LogP contribution is 2.37. The maximum atomic E-state index is 10.7. The maximum absolute atomic E-state index is 10.7. The highest BCUT2D eigenvalue weighted by atomic mass is 33.1. The molecule has 0 aliphatic carbocycles. The van der Waals surface area contributed by atoms with Gasteiger partial charge in [0, 0.05) is 9.79 Å². The first-order valence-corrected chi connectivity index (χ1v) is 17.1. The lowest BCUT2D eigenvalue weighted by Gasteiger charge is -2.23. The van der Waals surface area contributed by atoms with Crippen LogP contribution in [0.15, 0.2) is 58.3 Å². The topological polar surface area (TPSA) is 77.4 Å². The number of unbranched alkanes of at least 4 members (excludes halogenated alkanes) is 13. The Morgan fingerprint density at radius 2 is 0.975 bits per heavy atom. The smallest absolute Gasteiger partial charge is 0.335 e. The second kappa shape index (κ2) is 21.7. The lowest BCUT2D eigenvalue weighted by molar-refractivity contribution is -0.870. The third-order valence-corrected chi connectivity index (χ3v) is 9.03. The molecule has 0 saturated heterocycles. The summed E-state index contributed by atoms with van der Waals surface area (Å²) in [5.41, 5.74) is 0.392. The van der Waals surface area contributed by atoms with Crippen LogP contribution in [-0.2, 0) is 0 Å². The molecule has 0 atom stereocenters. The zero-order valence-corrected chi connectivity index (χ0v) is 26.8. The lowest BCUT2D eigenvalue weighted by Crippen LogP contribution is -2.35. The monoisotopic (exact) mass is 589 g/mol. The van der Waals surface area contributed by atoms with Gasteiger partial charge >= 0.3 is 5.97 Å². The first-order valence-electron chi connectivity index (χ1n) is 14.9. The van der Waals surface area contributed by atoms with Gasteiger partial charge in [0.25, 0.3) is 0 Å². The van der Waals surface area contributed by atoms with Crippen molar-refractivity contribution in [2.75, 3.05) is 27.7 Å². The van der Waals surface area contributed by atoms with Gasteiger partial charge in [0.15, 0.2) is 0 Å². The molecule has 7 heteroatoms. The number of hydrogen-bond acceptors (Lipinski definition) is 5. The minimum atomic E-state index is -1.20. The summed E-state index contributed by atoms with van der Waals surface area (Å²) in [4.78, 5) is 23.1. The van der Waals surface area contributed by atoms with Gasteiger partial charge in [0.1, 0.15) is 0 Å². The average molecular weight is 590 g/mol. The van der Waals surface area contributed by atoms with Crippen LogP contribution in [0.2, 0.25) is 0 Å². The van der Waals surface area contributed by atoms with Crippen LogP contribution in [0, 0.1) is 0 Å². The highest BCUT2D eigenvalue weighted by Gasteiger charge is 2.05. The molecule has 0 aliphatic heterocycles. The molecule has 0 saturated carbocycles. The molecule has 5 nitrogen and oxygen atoms in total. The van der Waals surface area contributed by atoms with Crippen LogP contribution in [0.5, 0.6) is 0 Å². The fourth-order valence-corrected chi connectivity index (χ4v) is 6.11. The number of benzene rings is 2. The van der Waals surface area contributed by atoms with E-state index in [0.29, 0.717) is 0 Å². The van der Waals surface area contributed by atoms with Gasteiger partial charge in [-0.05, 0) is 54.8 Å². The molecule has 0 aliphatic rings. The van der Waals surface area contributed by atoms with Crippen molar-refractivity contribution in [3.05, 3.63) is 59.7 Å². The molecule has 40 heavy (non-hydrogen) atoms. The Labute approximate surface area is 251 Å².